The molecule has 0 atom stereocenters. The number of hydrogen-bond donors (Lipinski definition) is 2. The summed E-state index contributed by atoms with van der Waals surface area (Å²) < 4.78 is 63.1. The van der Waals surface area contributed by atoms with Crippen molar-refractivity contribution in [3.8, 4) is 0 Å². The van der Waals surface area contributed by atoms with Crippen LogP contribution >= 0.6 is 0 Å². The number of hydrogen-bond acceptors (Lipinski definition) is 4. The molecule has 1 aliphatic carbocycles. The Morgan fingerprint density at radius 3 is 2.39 bits per heavy atom. The van der Waals surface area contributed by atoms with Crippen LogP contribution in [0.4, 0.5) is 18.9 Å². The van der Waals surface area contributed by atoms with Gasteiger partial charge in [-0.1, -0.05) is 18.9 Å². The molecule has 1 saturated carbocycles. The van der Waals surface area contributed by atoms with Gasteiger partial charge in [0.1, 0.15) is 11.3 Å². The summed E-state index contributed by atoms with van der Waals surface area (Å²) in [6.07, 6.45) is -1.88. The SMILES string of the molecule is O=C(Nc1cccc(S(=O)(=O)C2CCCC2)c1)c1ccc(C(F)(F)F)[nH]c1=O. The van der Waals surface area contributed by atoms with Crippen molar-refractivity contribution in [1.82, 2.24) is 4.98 Å². The quantitative estimate of drug-likeness (QED) is 0.802. The fraction of sp³-hybridized carbons (Fsp3) is 0.333. The monoisotopic (exact) mass is 414 g/mol. The van der Waals surface area contributed by atoms with Gasteiger partial charge in [0, 0.05) is 5.69 Å². The molecule has 6 nitrogen and oxygen atoms in total. The maximum absolute atomic E-state index is 12.7. The number of aromatic nitrogens is 1. The lowest BCUT2D eigenvalue weighted by molar-refractivity contribution is -0.141. The summed E-state index contributed by atoms with van der Waals surface area (Å²) in [4.78, 5) is 25.7. The normalized spacial score (nSPS) is 15.5. The molecule has 0 radical (unpaired) electrons. The second kappa shape index (κ2) is 7.42. The molecule has 3 rings (SSSR count). The first-order chi connectivity index (χ1) is 13.1. The van der Waals surface area contributed by atoms with Gasteiger partial charge >= 0.3 is 6.18 Å². The van der Waals surface area contributed by atoms with Crippen LogP contribution in [-0.4, -0.2) is 24.6 Å². The van der Waals surface area contributed by atoms with Crippen LogP contribution in [0, 0.1) is 0 Å². The van der Waals surface area contributed by atoms with Crippen LogP contribution < -0.4 is 10.9 Å². The maximum atomic E-state index is 12.7. The summed E-state index contributed by atoms with van der Waals surface area (Å²) >= 11 is 0. The number of H-pyrrole nitrogens is 1. The molecule has 1 fully saturated rings. The number of nitrogens with one attached hydrogen (secondary N) is 2. The van der Waals surface area contributed by atoms with Gasteiger partial charge in [-0.05, 0) is 43.2 Å². The van der Waals surface area contributed by atoms with E-state index >= 15 is 0 Å². The number of amides is 1. The first kappa shape index (κ1) is 20.1. The fourth-order valence-corrected chi connectivity index (χ4v) is 5.06. The first-order valence-corrected chi connectivity index (χ1v) is 10.1. The molecule has 1 aliphatic rings. The highest BCUT2D eigenvalue weighted by atomic mass is 32.2. The van der Waals surface area contributed by atoms with Gasteiger partial charge in [0.25, 0.3) is 11.5 Å². The van der Waals surface area contributed by atoms with E-state index in [2.05, 4.69) is 5.32 Å². The Kier molecular flexibility index (Phi) is 5.33. The van der Waals surface area contributed by atoms with Crippen molar-refractivity contribution in [3.05, 3.63) is 58.0 Å². The molecule has 1 aromatic heterocycles. The van der Waals surface area contributed by atoms with Gasteiger partial charge in [-0.2, -0.15) is 13.2 Å². The second-order valence-corrected chi connectivity index (χ2v) is 8.77. The van der Waals surface area contributed by atoms with Crippen LogP contribution in [0.25, 0.3) is 0 Å². The van der Waals surface area contributed by atoms with E-state index in [1.807, 2.05) is 0 Å². The van der Waals surface area contributed by atoms with Crippen LogP contribution in [0.5, 0.6) is 0 Å². The van der Waals surface area contributed by atoms with Crippen molar-refractivity contribution in [2.45, 2.75) is 42.0 Å². The van der Waals surface area contributed by atoms with E-state index in [1.165, 1.54) is 24.3 Å². The summed E-state index contributed by atoms with van der Waals surface area (Å²) in [5, 5.41) is 1.89. The van der Waals surface area contributed by atoms with Gasteiger partial charge in [0.15, 0.2) is 9.84 Å². The van der Waals surface area contributed by atoms with E-state index in [9.17, 15) is 31.2 Å². The van der Waals surface area contributed by atoms with E-state index in [1.54, 1.807) is 4.98 Å². The lowest BCUT2D eigenvalue weighted by Gasteiger charge is -2.13. The molecule has 1 aromatic carbocycles. The molecule has 28 heavy (non-hydrogen) atoms. The summed E-state index contributed by atoms with van der Waals surface area (Å²) in [6, 6.07) is 6.96. The van der Waals surface area contributed by atoms with Crippen LogP contribution in [0.2, 0.25) is 0 Å². The molecule has 1 amide bonds. The minimum absolute atomic E-state index is 0.0542. The third kappa shape index (κ3) is 4.11. The van der Waals surface area contributed by atoms with Gasteiger partial charge in [-0.15, -0.1) is 0 Å². The number of carbonyl (C=O) groups is 1. The van der Waals surface area contributed by atoms with Crippen molar-refractivity contribution in [3.63, 3.8) is 0 Å². The van der Waals surface area contributed by atoms with Gasteiger partial charge in [-0.3, -0.25) is 9.59 Å². The molecule has 2 aromatic rings. The average molecular weight is 414 g/mol. The Morgan fingerprint density at radius 2 is 1.79 bits per heavy atom. The molecular weight excluding hydrogens is 397 g/mol. The summed E-state index contributed by atoms with van der Waals surface area (Å²) in [5.41, 5.74) is -2.85. The Balaban J connectivity index is 1.83. The lowest BCUT2D eigenvalue weighted by atomic mass is 10.2. The second-order valence-electron chi connectivity index (χ2n) is 6.55. The predicted molar refractivity (Wildman–Crippen MR) is 95.9 cm³/mol. The van der Waals surface area contributed by atoms with E-state index < -0.39 is 44.0 Å². The highest BCUT2D eigenvalue weighted by Gasteiger charge is 2.32. The average Bonchev–Trinajstić information content (AvgIpc) is 3.16. The molecule has 0 spiro atoms. The number of alkyl halides is 3. The molecule has 150 valence electrons. The number of rotatable bonds is 4. The van der Waals surface area contributed by atoms with Crippen LogP contribution in [-0.2, 0) is 16.0 Å². The molecule has 2 N–H and O–H groups in total. The third-order valence-corrected chi connectivity index (χ3v) is 6.88. The molecular formula is C18H17F3N2O4S. The molecule has 10 heteroatoms. The minimum Gasteiger partial charge on any atom is -0.322 e. The van der Waals surface area contributed by atoms with Crippen LogP contribution in [0.3, 0.4) is 0 Å². The Bertz CT molecular complexity index is 1050. The van der Waals surface area contributed by atoms with Crippen LogP contribution in [0.15, 0.2) is 46.1 Å². The molecule has 0 aliphatic heterocycles. The van der Waals surface area contributed by atoms with E-state index in [0.717, 1.165) is 18.9 Å². The van der Waals surface area contributed by atoms with Gasteiger partial charge in [0.2, 0.25) is 0 Å². The minimum atomic E-state index is -4.74. The van der Waals surface area contributed by atoms with Crippen molar-refractivity contribution < 1.29 is 26.4 Å². The largest absolute Gasteiger partial charge is 0.431 e. The molecule has 1 heterocycles. The maximum Gasteiger partial charge on any atom is 0.431 e. The van der Waals surface area contributed by atoms with Gasteiger partial charge in [0.05, 0.1) is 10.1 Å². The van der Waals surface area contributed by atoms with E-state index in [-0.39, 0.29) is 10.6 Å². The summed E-state index contributed by atoms with van der Waals surface area (Å²) in [7, 11) is -3.54. The standard InChI is InChI=1S/C18H17F3N2O4S/c19-18(20,21)15-9-8-14(17(25)23-15)16(24)22-11-4-3-7-13(10-11)28(26,27)12-5-1-2-6-12/h3-4,7-10,12H,1-2,5-6H2,(H,22,24)(H,23,25). The Labute approximate surface area is 158 Å². The number of pyridine rings is 1. The van der Waals surface area contributed by atoms with E-state index in [4.69, 9.17) is 0 Å². The number of halogens is 3. The zero-order valence-electron chi connectivity index (χ0n) is 14.5. The first-order valence-electron chi connectivity index (χ1n) is 8.55. The molecule has 0 saturated heterocycles. The Morgan fingerprint density at radius 1 is 1.11 bits per heavy atom. The summed E-state index contributed by atoms with van der Waals surface area (Å²) in [6.45, 7) is 0. The topological polar surface area (TPSA) is 96.1 Å². The van der Waals surface area contributed by atoms with Gasteiger partial charge in [-0.25, -0.2) is 8.42 Å². The summed E-state index contributed by atoms with van der Waals surface area (Å²) in [5.74, 6) is -0.939. The number of aromatic amines is 1. The van der Waals surface area contributed by atoms with Crippen molar-refractivity contribution in [1.29, 1.82) is 0 Å². The lowest BCUT2D eigenvalue weighted by Crippen LogP contribution is -2.25. The molecule has 0 unspecified atom stereocenters. The zero-order chi connectivity index (χ0) is 20.5. The zero-order valence-corrected chi connectivity index (χ0v) is 15.4. The number of anilines is 1. The van der Waals surface area contributed by atoms with Crippen molar-refractivity contribution in [2.24, 2.45) is 0 Å². The highest BCUT2D eigenvalue weighted by molar-refractivity contribution is 7.92. The van der Waals surface area contributed by atoms with Crippen LogP contribution in [0.1, 0.15) is 41.7 Å². The van der Waals surface area contributed by atoms with Crippen molar-refractivity contribution >= 4 is 21.4 Å². The van der Waals surface area contributed by atoms with Gasteiger partial charge < -0.3 is 10.3 Å². The number of sulfone groups is 1. The Hall–Kier alpha value is -2.62. The number of benzene rings is 1. The fourth-order valence-electron chi connectivity index (χ4n) is 3.16. The van der Waals surface area contributed by atoms with E-state index in [0.29, 0.717) is 18.9 Å². The highest BCUT2D eigenvalue weighted by Crippen LogP contribution is 2.30. The smallest absolute Gasteiger partial charge is 0.322 e. The molecule has 0 bridgehead atoms. The predicted octanol–water partition coefficient (Wildman–Crippen LogP) is 3.36. The van der Waals surface area contributed by atoms with Crippen molar-refractivity contribution in [2.75, 3.05) is 5.32 Å². The third-order valence-electron chi connectivity index (χ3n) is 4.62. The number of carbonyl (C=O) groups excluding carboxylic acids is 1.